The van der Waals surface area contributed by atoms with Gasteiger partial charge in [-0.3, -0.25) is 0 Å². The summed E-state index contributed by atoms with van der Waals surface area (Å²) < 4.78 is 37.7. The van der Waals surface area contributed by atoms with E-state index in [0.717, 1.165) is 12.1 Å². The Balaban J connectivity index is 3.23. The van der Waals surface area contributed by atoms with Gasteiger partial charge in [0.05, 0.1) is 5.56 Å². The van der Waals surface area contributed by atoms with E-state index in [4.69, 9.17) is 5.73 Å². The van der Waals surface area contributed by atoms with E-state index in [9.17, 15) is 13.2 Å². The van der Waals surface area contributed by atoms with Crippen LogP contribution >= 0.6 is 15.9 Å². The third-order valence-corrected chi connectivity index (χ3v) is 2.61. The molecule has 0 aliphatic heterocycles. The molecule has 0 radical (unpaired) electrons. The minimum atomic E-state index is -4.34. The van der Waals surface area contributed by atoms with E-state index in [-0.39, 0.29) is 6.54 Å². The molecule has 1 rings (SSSR count). The van der Waals surface area contributed by atoms with Crippen LogP contribution in [0.1, 0.15) is 11.1 Å². The van der Waals surface area contributed by atoms with Gasteiger partial charge in [0.2, 0.25) is 0 Å². The van der Waals surface area contributed by atoms with Crippen LogP contribution in [0.3, 0.4) is 0 Å². The third-order valence-electron chi connectivity index (χ3n) is 1.92. The van der Waals surface area contributed by atoms with Gasteiger partial charge in [0.25, 0.3) is 0 Å². The topological polar surface area (TPSA) is 26.0 Å². The van der Waals surface area contributed by atoms with Crippen molar-refractivity contribution in [2.24, 2.45) is 5.73 Å². The monoisotopic (exact) mass is 279 g/mol. The first kappa shape index (κ1) is 12.3. The fourth-order valence-electron chi connectivity index (χ4n) is 1.08. The molecule has 0 spiro atoms. The SMILES string of the molecule is C=C(CN)c1cc(C(F)(F)F)ccc1Br. The molecule has 0 saturated carbocycles. The van der Waals surface area contributed by atoms with Crippen LogP contribution in [0.15, 0.2) is 29.3 Å². The van der Waals surface area contributed by atoms with Gasteiger partial charge < -0.3 is 5.73 Å². The minimum Gasteiger partial charge on any atom is -0.326 e. The number of hydrogen-bond acceptors (Lipinski definition) is 1. The van der Waals surface area contributed by atoms with Crippen molar-refractivity contribution in [2.45, 2.75) is 6.18 Å². The lowest BCUT2D eigenvalue weighted by atomic mass is 10.0. The summed E-state index contributed by atoms with van der Waals surface area (Å²) >= 11 is 3.15. The molecule has 2 N–H and O–H groups in total. The highest BCUT2D eigenvalue weighted by Gasteiger charge is 2.30. The smallest absolute Gasteiger partial charge is 0.326 e. The molecule has 0 fully saturated rings. The molecule has 5 heteroatoms. The minimum absolute atomic E-state index is 0.125. The van der Waals surface area contributed by atoms with Crippen molar-refractivity contribution in [2.75, 3.05) is 6.54 Å². The van der Waals surface area contributed by atoms with Crippen molar-refractivity contribution in [3.8, 4) is 0 Å². The van der Waals surface area contributed by atoms with Crippen LogP contribution in [0.4, 0.5) is 13.2 Å². The van der Waals surface area contributed by atoms with Crippen molar-refractivity contribution < 1.29 is 13.2 Å². The molecule has 0 atom stereocenters. The summed E-state index contributed by atoms with van der Waals surface area (Å²) in [4.78, 5) is 0. The van der Waals surface area contributed by atoms with Crippen LogP contribution in [0.2, 0.25) is 0 Å². The standard InChI is InChI=1S/C10H9BrF3N/c1-6(5-15)8-4-7(10(12,13)14)2-3-9(8)11/h2-4H,1,5,15H2. The Bertz CT molecular complexity index is 385. The van der Waals surface area contributed by atoms with E-state index >= 15 is 0 Å². The Morgan fingerprint density at radius 1 is 1.40 bits per heavy atom. The second-order valence-electron chi connectivity index (χ2n) is 3.00. The molecule has 0 aliphatic rings. The summed E-state index contributed by atoms with van der Waals surface area (Å²) in [6.07, 6.45) is -4.34. The van der Waals surface area contributed by atoms with Crippen LogP contribution < -0.4 is 5.73 Å². The molecule has 15 heavy (non-hydrogen) atoms. The molecule has 0 saturated heterocycles. The first-order chi connectivity index (χ1) is 6.86. The molecule has 1 aromatic rings. The van der Waals surface area contributed by atoms with E-state index in [1.807, 2.05) is 0 Å². The lowest BCUT2D eigenvalue weighted by molar-refractivity contribution is -0.137. The molecule has 0 aromatic heterocycles. The second kappa shape index (κ2) is 4.37. The number of hydrogen-bond donors (Lipinski definition) is 1. The zero-order chi connectivity index (χ0) is 11.6. The van der Waals surface area contributed by atoms with Crippen molar-refractivity contribution in [1.82, 2.24) is 0 Å². The summed E-state index contributed by atoms with van der Waals surface area (Å²) in [6, 6.07) is 3.40. The second-order valence-corrected chi connectivity index (χ2v) is 3.85. The van der Waals surface area contributed by atoms with E-state index in [1.54, 1.807) is 0 Å². The van der Waals surface area contributed by atoms with E-state index in [1.165, 1.54) is 6.07 Å². The molecule has 1 nitrogen and oxygen atoms in total. The normalized spacial score (nSPS) is 11.5. The predicted octanol–water partition coefficient (Wildman–Crippen LogP) is 3.44. The van der Waals surface area contributed by atoms with E-state index in [0.29, 0.717) is 15.6 Å². The van der Waals surface area contributed by atoms with Gasteiger partial charge in [-0.05, 0) is 29.3 Å². The summed E-state index contributed by atoms with van der Waals surface area (Å²) in [6.45, 7) is 3.73. The average Bonchev–Trinajstić information content (AvgIpc) is 2.15. The van der Waals surface area contributed by atoms with Crippen molar-refractivity contribution in [3.05, 3.63) is 40.4 Å². The highest BCUT2D eigenvalue weighted by atomic mass is 79.9. The Morgan fingerprint density at radius 3 is 2.47 bits per heavy atom. The largest absolute Gasteiger partial charge is 0.416 e. The number of alkyl halides is 3. The quantitative estimate of drug-likeness (QED) is 0.882. The van der Waals surface area contributed by atoms with E-state index in [2.05, 4.69) is 22.5 Å². The van der Waals surface area contributed by atoms with Gasteiger partial charge in [0.1, 0.15) is 0 Å². The van der Waals surface area contributed by atoms with Gasteiger partial charge in [-0.25, -0.2) is 0 Å². The highest BCUT2D eigenvalue weighted by molar-refractivity contribution is 9.10. The zero-order valence-electron chi connectivity index (χ0n) is 7.74. The fraction of sp³-hybridized carbons (Fsp3) is 0.200. The number of nitrogens with two attached hydrogens (primary N) is 1. The first-order valence-corrected chi connectivity index (χ1v) is 4.90. The number of halogens is 4. The average molecular weight is 280 g/mol. The van der Waals surface area contributed by atoms with Gasteiger partial charge in [0, 0.05) is 11.0 Å². The summed E-state index contributed by atoms with van der Waals surface area (Å²) in [5, 5.41) is 0. The lowest BCUT2D eigenvalue weighted by Gasteiger charge is -2.11. The molecule has 82 valence electrons. The highest BCUT2D eigenvalue weighted by Crippen LogP contribution is 2.33. The van der Waals surface area contributed by atoms with Gasteiger partial charge in [0.15, 0.2) is 0 Å². The third kappa shape index (κ3) is 2.82. The zero-order valence-corrected chi connectivity index (χ0v) is 9.32. The van der Waals surface area contributed by atoms with Crippen molar-refractivity contribution in [3.63, 3.8) is 0 Å². The Kier molecular flexibility index (Phi) is 3.57. The molecular formula is C10H9BrF3N. The van der Waals surface area contributed by atoms with Gasteiger partial charge in [-0.2, -0.15) is 13.2 Å². The number of rotatable bonds is 2. The molecule has 0 aliphatic carbocycles. The predicted molar refractivity (Wildman–Crippen MR) is 57.2 cm³/mol. The maximum atomic E-state index is 12.4. The van der Waals surface area contributed by atoms with Crippen LogP contribution in [0, 0.1) is 0 Å². The van der Waals surface area contributed by atoms with E-state index < -0.39 is 11.7 Å². The molecule has 0 unspecified atom stereocenters. The Morgan fingerprint density at radius 2 is 2.00 bits per heavy atom. The van der Waals surface area contributed by atoms with Gasteiger partial charge >= 0.3 is 6.18 Å². The van der Waals surface area contributed by atoms with Gasteiger partial charge in [-0.1, -0.05) is 22.5 Å². The van der Waals surface area contributed by atoms with Gasteiger partial charge in [-0.15, -0.1) is 0 Å². The lowest BCUT2D eigenvalue weighted by Crippen LogP contribution is -2.07. The maximum Gasteiger partial charge on any atom is 0.416 e. The summed E-state index contributed by atoms with van der Waals surface area (Å²) in [5.41, 5.74) is 5.49. The summed E-state index contributed by atoms with van der Waals surface area (Å²) in [5.74, 6) is 0. The van der Waals surface area contributed by atoms with Crippen molar-refractivity contribution >= 4 is 21.5 Å². The molecule has 0 heterocycles. The molecule has 0 bridgehead atoms. The van der Waals surface area contributed by atoms with Crippen LogP contribution in [0.25, 0.3) is 5.57 Å². The van der Waals surface area contributed by atoms with Crippen molar-refractivity contribution in [1.29, 1.82) is 0 Å². The maximum absolute atomic E-state index is 12.4. The Labute approximate surface area is 93.9 Å². The molecule has 1 aromatic carbocycles. The molecular weight excluding hydrogens is 271 g/mol. The van der Waals surface area contributed by atoms with Crippen LogP contribution in [0.5, 0.6) is 0 Å². The van der Waals surface area contributed by atoms with Crippen LogP contribution in [-0.2, 0) is 6.18 Å². The first-order valence-electron chi connectivity index (χ1n) is 4.11. The number of benzene rings is 1. The Hall–Kier alpha value is -0.810. The molecule has 0 amide bonds. The van der Waals surface area contributed by atoms with Crippen LogP contribution in [-0.4, -0.2) is 6.54 Å². The fourth-order valence-corrected chi connectivity index (χ4v) is 1.61. The summed E-state index contributed by atoms with van der Waals surface area (Å²) in [7, 11) is 0.